The number of hydrogen-bond acceptors (Lipinski definition) is 6. The summed E-state index contributed by atoms with van der Waals surface area (Å²) < 4.78 is 16.1. The van der Waals surface area contributed by atoms with E-state index in [0.29, 0.717) is 39.1 Å². The van der Waals surface area contributed by atoms with Crippen LogP contribution in [0.2, 0.25) is 5.02 Å². The average molecular weight is 370 g/mol. The molecule has 7 nitrogen and oxygen atoms in total. The number of anilines is 1. The number of nitrogens with zero attached hydrogens (tertiary/aromatic N) is 2. The van der Waals surface area contributed by atoms with Gasteiger partial charge in [0.2, 0.25) is 5.89 Å². The van der Waals surface area contributed by atoms with Crippen molar-refractivity contribution in [1.29, 1.82) is 0 Å². The number of methoxy groups -OCH3 is 1. The van der Waals surface area contributed by atoms with Gasteiger partial charge in [-0.3, -0.25) is 4.79 Å². The number of furan rings is 1. The maximum absolute atomic E-state index is 12.3. The van der Waals surface area contributed by atoms with Gasteiger partial charge in [-0.15, -0.1) is 0 Å². The molecule has 4 aromatic rings. The van der Waals surface area contributed by atoms with Crippen molar-refractivity contribution in [3.8, 4) is 17.2 Å². The van der Waals surface area contributed by atoms with Crippen LogP contribution < -0.4 is 10.1 Å². The molecule has 3 heterocycles. The highest BCUT2D eigenvalue weighted by Gasteiger charge is 2.18. The number of carbonyl (C=O) groups excluding carboxylic acids is 1. The molecule has 0 atom stereocenters. The lowest BCUT2D eigenvalue weighted by Gasteiger charge is -2.12. The standard InChI is InChI=1S/C18H12ClN3O4/c1-24-15-11(19)8-10(18-22-16-13(26-18)4-2-6-20-16)9-12(15)21-17(23)14-5-3-7-25-14/h2-9H,1H3,(H,21,23). The lowest BCUT2D eigenvalue weighted by atomic mass is 10.1. The monoisotopic (exact) mass is 369 g/mol. The predicted molar refractivity (Wildman–Crippen MR) is 95.5 cm³/mol. The third-order valence-electron chi connectivity index (χ3n) is 3.65. The van der Waals surface area contributed by atoms with Crippen LogP contribution in [0.3, 0.4) is 0 Å². The fraction of sp³-hybridized carbons (Fsp3) is 0.0556. The van der Waals surface area contributed by atoms with E-state index in [4.69, 9.17) is 25.2 Å². The maximum Gasteiger partial charge on any atom is 0.291 e. The van der Waals surface area contributed by atoms with Gasteiger partial charge in [0.15, 0.2) is 22.7 Å². The Balaban J connectivity index is 1.76. The summed E-state index contributed by atoms with van der Waals surface area (Å²) in [6, 6.07) is 10.0. The summed E-state index contributed by atoms with van der Waals surface area (Å²) in [5.74, 6) is 0.390. The fourth-order valence-corrected chi connectivity index (χ4v) is 2.80. The summed E-state index contributed by atoms with van der Waals surface area (Å²) in [5.41, 5.74) is 1.97. The first-order chi connectivity index (χ1) is 12.7. The number of carbonyl (C=O) groups is 1. The Morgan fingerprint density at radius 2 is 2.15 bits per heavy atom. The minimum Gasteiger partial charge on any atom is -0.493 e. The van der Waals surface area contributed by atoms with Crippen molar-refractivity contribution in [2.45, 2.75) is 0 Å². The molecule has 0 radical (unpaired) electrons. The molecule has 0 aliphatic rings. The van der Waals surface area contributed by atoms with Gasteiger partial charge in [0, 0.05) is 11.8 Å². The van der Waals surface area contributed by atoms with E-state index >= 15 is 0 Å². The highest BCUT2D eigenvalue weighted by molar-refractivity contribution is 6.33. The van der Waals surface area contributed by atoms with Crippen molar-refractivity contribution in [2.75, 3.05) is 12.4 Å². The van der Waals surface area contributed by atoms with Gasteiger partial charge < -0.3 is 18.9 Å². The van der Waals surface area contributed by atoms with Gasteiger partial charge in [0.25, 0.3) is 5.91 Å². The Morgan fingerprint density at radius 3 is 2.88 bits per heavy atom. The molecule has 0 saturated carbocycles. The highest BCUT2D eigenvalue weighted by atomic mass is 35.5. The Morgan fingerprint density at radius 1 is 1.27 bits per heavy atom. The second-order valence-corrected chi connectivity index (χ2v) is 5.72. The van der Waals surface area contributed by atoms with Crippen LogP contribution in [0.25, 0.3) is 22.7 Å². The molecule has 130 valence electrons. The van der Waals surface area contributed by atoms with Crippen LogP contribution in [-0.2, 0) is 0 Å². The third-order valence-corrected chi connectivity index (χ3v) is 3.93. The zero-order chi connectivity index (χ0) is 18.1. The summed E-state index contributed by atoms with van der Waals surface area (Å²) in [6.07, 6.45) is 3.05. The number of fused-ring (bicyclic) bond motifs is 1. The topological polar surface area (TPSA) is 90.4 Å². The normalized spacial score (nSPS) is 10.8. The molecule has 0 bridgehead atoms. The molecular weight excluding hydrogens is 358 g/mol. The Bertz CT molecular complexity index is 1060. The highest BCUT2D eigenvalue weighted by Crippen LogP contribution is 2.38. The van der Waals surface area contributed by atoms with Gasteiger partial charge in [0.1, 0.15) is 0 Å². The second-order valence-electron chi connectivity index (χ2n) is 5.31. The van der Waals surface area contributed by atoms with Gasteiger partial charge in [-0.1, -0.05) is 11.6 Å². The van der Waals surface area contributed by atoms with Crippen molar-refractivity contribution in [1.82, 2.24) is 9.97 Å². The molecule has 0 aliphatic heterocycles. The van der Waals surface area contributed by atoms with E-state index in [2.05, 4.69) is 15.3 Å². The number of aromatic nitrogens is 2. The van der Waals surface area contributed by atoms with E-state index in [1.807, 2.05) is 0 Å². The molecular formula is C18H12ClN3O4. The summed E-state index contributed by atoms with van der Waals surface area (Å²) in [5, 5.41) is 3.02. The Kier molecular flexibility index (Phi) is 4.06. The largest absolute Gasteiger partial charge is 0.493 e. The van der Waals surface area contributed by atoms with Gasteiger partial charge >= 0.3 is 0 Å². The van der Waals surface area contributed by atoms with Crippen LogP contribution in [0.1, 0.15) is 10.6 Å². The van der Waals surface area contributed by atoms with E-state index < -0.39 is 5.91 Å². The molecule has 0 fully saturated rings. The molecule has 4 rings (SSSR count). The van der Waals surface area contributed by atoms with E-state index in [1.54, 1.807) is 42.6 Å². The molecule has 3 aromatic heterocycles. The summed E-state index contributed by atoms with van der Waals surface area (Å²) in [6.45, 7) is 0. The quantitative estimate of drug-likeness (QED) is 0.573. The van der Waals surface area contributed by atoms with Gasteiger partial charge in [-0.25, -0.2) is 4.98 Å². The Labute approximate surface area is 152 Å². The number of oxazole rings is 1. The van der Waals surface area contributed by atoms with E-state index in [0.717, 1.165) is 0 Å². The summed E-state index contributed by atoms with van der Waals surface area (Å²) in [7, 11) is 1.47. The number of rotatable bonds is 4. The molecule has 26 heavy (non-hydrogen) atoms. The molecule has 1 N–H and O–H groups in total. The van der Waals surface area contributed by atoms with E-state index in [9.17, 15) is 4.79 Å². The van der Waals surface area contributed by atoms with E-state index in [1.165, 1.54) is 13.4 Å². The van der Waals surface area contributed by atoms with Crippen molar-refractivity contribution >= 4 is 34.4 Å². The minimum absolute atomic E-state index is 0.166. The number of halogens is 1. The molecule has 0 aliphatic carbocycles. The minimum atomic E-state index is -0.430. The average Bonchev–Trinajstić information content (AvgIpc) is 3.31. The first-order valence-corrected chi connectivity index (χ1v) is 7.98. The van der Waals surface area contributed by atoms with Crippen LogP contribution in [0, 0.1) is 0 Å². The Hall–Kier alpha value is -3.32. The zero-order valence-corrected chi connectivity index (χ0v) is 14.3. The molecule has 1 aromatic carbocycles. The van der Waals surface area contributed by atoms with Crippen molar-refractivity contribution in [2.24, 2.45) is 0 Å². The van der Waals surface area contributed by atoms with Gasteiger partial charge in [-0.05, 0) is 36.4 Å². The number of pyridine rings is 1. The molecule has 0 spiro atoms. The molecule has 0 unspecified atom stereocenters. The molecule has 1 amide bonds. The van der Waals surface area contributed by atoms with Gasteiger partial charge in [0.05, 0.1) is 24.1 Å². The number of amides is 1. The first-order valence-electron chi connectivity index (χ1n) is 7.60. The lowest BCUT2D eigenvalue weighted by Crippen LogP contribution is -2.12. The second kappa shape index (κ2) is 6.53. The maximum atomic E-state index is 12.3. The molecule has 0 saturated heterocycles. The van der Waals surface area contributed by atoms with Crippen LogP contribution in [0.5, 0.6) is 5.75 Å². The van der Waals surface area contributed by atoms with Gasteiger partial charge in [-0.2, -0.15) is 4.98 Å². The fourth-order valence-electron chi connectivity index (χ4n) is 2.50. The van der Waals surface area contributed by atoms with Crippen LogP contribution in [0.4, 0.5) is 5.69 Å². The smallest absolute Gasteiger partial charge is 0.291 e. The number of nitrogens with one attached hydrogen (secondary N) is 1. The zero-order valence-electron chi connectivity index (χ0n) is 13.5. The number of ether oxygens (including phenoxy) is 1. The SMILES string of the molecule is COc1c(Cl)cc(-c2nc3ncccc3o2)cc1NC(=O)c1ccco1. The van der Waals surface area contributed by atoms with Crippen LogP contribution >= 0.6 is 11.6 Å². The lowest BCUT2D eigenvalue weighted by molar-refractivity contribution is 0.0996. The predicted octanol–water partition coefficient (Wildman–Crippen LogP) is 4.40. The van der Waals surface area contributed by atoms with Crippen LogP contribution in [0.15, 0.2) is 57.7 Å². The van der Waals surface area contributed by atoms with Crippen molar-refractivity contribution in [3.63, 3.8) is 0 Å². The van der Waals surface area contributed by atoms with Crippen molar-refractivity contribution in [3.05, 3.63) is 59.6 Å². The summed E-state index contributed by atoms with van der Waals surface area (Å²) in [4.78, 5) is 20.8. The van der Waals surface area contributed by atoms with Crippen molar-refractivity contribution < 1.29 is 18.4 Å². The van der Waals surface area contributed by atoms with Crippen LogP contribution in [-0.4, -0.2) is 23.0 Å². The first kappa shape index (κ1) is 16.2. The summed E-state index contributed by atoms with van der Waals surface area (Å²) >= 11 is 6.31. The molecule has 8 heteroatoms. The number of hydrogen-bond donors (Lipinski definition) is 1. The van der Waals surface area contributed by atoms with E-state index in [-0.39, 0.29) is 5.76 Å². The number of benzene rings is 1. The third kappa shape index (κ3) is 2.89.